The summed E-state index contributed by atoms with van der Waals surface area (Å²) in [5, 5.41) is 30.8. The van der Waals surface area contributed by atoms with Gasteiger partial charge >= 0.3 is 0 Å². The van der Waals surface area contributed by atoms with Crippen molar-refractivity contribution in [3.05, 3.63) is 60.2 Å². The lowest BCUT2D eigenvalue weighted by Gasteiger charge is -2.19. The fourth-order valence-electron chi connectivity index (χ4n) is 4.22. The number of benzene rings is 1. The predicted molar refractivity (Wildman–Crippen MR) is 127 cm³/mol. The van der Waals surface area contributed by atoms with Crippen molar-refractivity contribution in [3.63, 3.8) is 0 Å². The van der Waals surface area contributed by atoms with Crippen molar-refractivity contribution in [3.8, 4) is 0 Å². The van der Waals surface area contributed by atoms with Gasteiger partial charge in [0.1, 0.15) is 0 Å². The van der Waals surface area contributed by atoms with Crippen LogP contribution >= 0.6 is 0 Å². The van der Waals surface area contributed by atoms with Crippen LogP contribution in [0.2, 0.25) is 0 Å². The molecule has 0 radical (unpaired) electrons. The first-order chi connectivity index (χ1) is 15.1. The molecule has 0 aromatic heterocycles. The summed E-state index contributed by atoms with van der Waals surface area (Å²) in [6.45, 7) is 4.18. The number of aryl methyl sites for hydroxylation is 1. The summed E-state index contributed by atoms with van der Waals surface area (Å²) in [5.74, 6) is -0.0624. The molecule has 5 atom stereocenters. The van der Waals surface area contributed by atoms with E-state index >= 15 is 0 Å². The quantitative estimate of drug-likeness (QED) is 0.367. The normalized spacial score (nSPS) is 27.0. The van der Waals surface area contributed by atoms with Crippen LogP contribution in [0.1, 0.15) is 63.9 Å². The average molecular weight is 431 g/mol. The van der Waals surface area contributed by atoms with E-state index in [2.05, 4.69) is 31.2 Å². The Kier molecular flexibility index (Phi) is 12.8. The monoisotopic (exact) mass is 430 g/mol. The van der Waals surface area contributed by atoms with E-state index in [0.29, 0.717) is 12.8 Å². The Bertz CT molecular complexity index is 616. The molecule has 1 aliphatic carbocycles. The first-order valence-corrected chi connectivity index (χ1v) is 12.1. The lowest BCUT2D eigenvalue weighted by atomic mass is 9.89. The number of aliphatic hydroxyl groups is 3. The third-order valence-corrected chi connectivity index (χ3v) is 6.17. The zero-order chi connectivity index (χ0) is 22.3. The predicted octanol–water partition coefficient (Wildman–Crippen LogP) is 4.83. The molecule has 0 unspecified atom stereocenters. The molecular weight excluding hydrogens is 388 g/mol. The number of hydrogen-bond donors (Lipinski definition) is 3. The number of unbranched alkanes of at least 4 members (excludes halogenated alkanes) is 2. The molecule has 4 heteroatoms. The molecule has 2 fully saturated rings. The molecule has 1 saturated carbocycles. The topological polar surface area (TPSA) is 69.9 Å². The van der Waals surface area contributed by atoms with Gasteiger partial charge in [0.05, 0.1) is 18.3 Å². The molecular formula is C27H42O4. The van der Waals surface area contributed by atoms with Crippen molar-refractivity contribution in [2.45, 2.75) is 83.0 Å². The van der Waals surface area contributed by atoms with E-state index in [1.807, 2.05) is 24.3 Å². The van der Waals surface area contributed by atoms with Crippen molar-refractivity contribution >= 4 is 0 Å². The van der Waals surface area contributed by atoms with Crippen LogP contribution in [0.25, 0.3) is 0 Å². The van der Waals surface area contributed by atoms with Gasteiger partial charge < -0.3 is 20.1 Å². The van der Waals surface area contributed by atoms with Gasteiger partial charge in [-0.25, -0.2) is 0 Å². The van der Waals surface area contributed by atoms with E-state index in [9.17, 15) is 15.3 Å². The zero-order valence-corrected chi connectivity index (χ0v) is 19.1. The van der Waals surface area contributed by atoms with E-state index in [0.717, 1.165) is 32.5 Å². The van der Waals surface area contributed by atoms with Gasteiger partial charge in [-0.15, -0.1) is 0 Å². The molecule has 2 aliphatic rings. The number of hydrogen-bond acceptors (Lipinski definition) is 4. The Morgan fingerprint density at radius 3 is 2.45 bits per heavy atom. The van der Waals surface area contributed by atoms with Gasteiger partial charge in [-0.1, -0.05) is 74.4 Å². The molecule has 1 heterocycles. The fourth-order valence-corrected chi connectivity index (χ4v) is 4.22. The molecule has 1 saturated heterocycles. The van der Waals surface area contributed by atoms with E-state index in [-0.39, 0.29) is 11.8 Å². The van der Waals surface area contributed by atoms with Gasteiger partial charge in [0.25, 0.3) is 0 Å². The third kappa shape index (κ3) is 10.1. The maximum atomic E-state index is 10.3. The lowest BCUT2D eigenvalue weighted by molar-refractivity contribution is 0.120. The van der Waals surface area contributed by atoms with E-state index in [4.69, 9.17) is 4.74 Å². The summed E-state index contributed by atoms with van der Waals surface area (Å²) >= 11 is 0. The van der Waals surface area contributed by atoms with E-state index < -0.39 is 18.3 Å². The van der Waals surface area contributed by atoms with Gasteiger partial charge in [-0.3, -0.25) is 0 Å². The second-order valence-corrected chi connectivity index (χ2v) is 8.76. The molecule has 31 heavy (non-hydrogen) atoms. The highest BCUT2D eigenvalue weighted by atomic mass is 16.5. The minimum absolute atomic E-state index is 0.0282. The largest absolute Gasteiger partial charge is 0.393 e. The Labute approximate surface area is 188 Å². The van der Waals surface area contributed by atoms with Crippen molar-refractivity contribution in [1.82, 2.24) is 0 Å². The molecule has 0 spiro atoms. The van der Waals surface area contributed by atoms with Crippen LogP contribution in [0.4, 0.5) is 0 Å². The summed E-state index contributed by atoms with van der Waals surface area (Å²) in [6.07, 6.45) is 15.2. The van der Waals surface area contributed by atoms with Gasteiger partial charge in [0, 0.05) is 25.6 Å². The Hall–Kier alpha value is -1.46. The smallest absolute Gasteiger partial charge is 0.0724 e. The van der Waals surface area contributed by atoms with Crippen LogP contribution in [-0.4, -0.2) is 46.8 Å². The highest BCUT2D eigenvalue weighted by Gasteiger charge is 2.39. The highest BCUT2D eigenvalue weighted by Crippen LogP contribution is 2.36. The molecule has 0 bridgehead atoms. The van der Waals surface area contributed by atoms with Gasteiger partial charge in [0.15, 0.2) is 0 Å². The molecule has 1 aromatic rings. The molecule has 1 aliphatic heterocycles. The molecule has 3 rings (SSSR count). The summed E-state index contributed by atoms with van der Waals surface area (Å²) < 4.78 is 4.94. The second-order valence-electron chi connectivity index (χ2n) is 8.76. The molecule has 1 aromatic carbocycles. The zero-order valence-electron chi connectivity index (χ0n) is 19.1. The minimum atomic E-state index is -0.531. The SMILES string of the molecule is C1CCOC1.CCCC/C=C\C[C@@H]1[C@@H](/C=C/[C@@H](O)CCc2ccccc2)[C@H](O)C[C@@H]1O. The van der Waals surface area contributed by atoms with Gasteiger partial charge in [-0.2, -0.15) is 0 Å². The Balaban J connectivity index is 0.000000597. The van der Waals surface area contributed by atoms with E-state index in [1.54, 1.807) is 6.08 Å². The minimum Gasteiger partial charge on any atom is -0.393 e. The maximum Gasteiger partial charge on any atom is 0.0724 e. The lowest BCUT2D eigenvalue weighted by Crippen LogP contribution is -2.20. The highest BCUT2D eigenvalue weighted by molar-refractivity contribution is 5.15. The van der Waals surface area contributed by atoms with Gasteiger partial charge in [0.2, 0.25) is 0 Å². The summed E-state index contributed by atoms with van der Waals surface area (Å²) in [5.41, 5.74) is 1.21. The van der Waals surface area contributed by atoms with Crippen molar-refractivity contribution in [1.29, 1.82) is 0 Å². The fraction of sp³-hybridized carbons (Fsp3) is 0.630. The van der Waals surface area contributed by atoms with Crippen LogP contribution in [-0.2, 0) is 11.2 Å². The van der Waals surface area contributed by atoms with Crippen molar-refractivity contribution in [2.75, 3.05) is 13.2 Å². The van der Waals surface area contributed by atoms with E-state index in [1.165, 1.54) is 31.2 Å². The summed E-state index contributed by atoms with van der Waals surface area (Å²) in [4.78, 5) is 0. The van der Waals surface area contributed by atoms with Crippen LogP contribution in [0.5, 0.6) is 0 Å². The Morgan fingerprint density at radius 1 is 1.06 bits per heavy atom. The summed E-state index contributed by atoms with van der Waals surface area (Å²) in [6, 6.07) is 10.1. The van der Waals surface area contributed by atoms with Crippen LogP contribution in [0.15, 0.2) is 54.6 Å². The second kappa shape index (κ2) is 15.4. The van der Waals surface area contributed by atoms with Crippen molar-refractivity contribution in [2.24, 2.45) is 11.8 Å². The molecule has 0 amide bonds. The third-order valence-electron chi connectivity index (χ3n) is 6.17. The average Bonchev–Trinajstić information content (AvgIpc) is 3.44. The van der Waals surface area contributed by atoms with Crippen LogP contribution in [0.3, 0.4) is 0 Å². The van der Waals surface area contributed by atoms with Crippen molar-refractivity contribution < 1.29 is 20.1 Å². The summed E-state index contributed by atoms with van der Waals surface area (Å²) in [7, 11) is 0. The molecule has 174 valence electrons. The van der Waals surface area contributed by atoms with Crippen LogP contribution in [0, 0.1) is 11.8 Å². The first kappa shape index (κ1) is 25.8. The maximum absolute atomic E-state index is 10.3. The number of allylic oxidation sites excluding steroid dienone is 2. The molecule has 3 N–H and O–H groups in total. The number of ether oxygens (including phenoxy) is 1. The van der Waals surface area contributed by atoms with Crippen LogP contribution < -0.4 is 0 Å². The number of rotatable bonds is 10. The molecule has 4 nitrogen and oxygen atoms in total. The number of aliphatic hydroxyl groups excluding tert-OH is 3. The Morgan fingerprint density at radius 2 is 1.81 bits per heavy atom. The first-order valence-electron chi connectivity index (χ1n) is 12.1. The standard InChI is InChI=1S/C23H34O3.C4H8O/c1-2-3-4-5-9-12-20-21(23(26)17-22(20)25)16-15-19(24)14-13-18-10-7-6-8-11-18;1-2-4-5-3-1/h5-11,15-16,19-26H,2-4,12-14,17H2,1H3;1-4H2/b9-5-,16-15+;/t19-,20+,21+,22-,23+;/m0./s1. The van der Waals surface area contributed by atoms with Gasteiger partial charge in [-0.05, 0) is 50.0 Å².